The highest BCUT2D eigenvalue weighted by molar-refractivity contribution is 7.99. The Bertz CT molecular complexity index is 1630. The summed E-state index contributed by atoms with van der Waals surface area (Å²) in [6, 6.07) is 5.19. The fraction of sp³-hybridized carbons (Fsp3) is 0.308. The van der Waals surface area contributed by atoms with Crippen LogP contribution in [0.15, 0.2) is 23.5 Å². The first kappa shape index (κ1) is 25.8. The summed E-state index contributed by atoms with van der Waals surface area (Å²) in [5.74, 6) is 0.348. The molecule has 4 aromatic rings. The van der Waals surface area contributed by atoms with Gasteiger partial charge in [0.15, 0.2) is 5.16 Å². The number of ether oxygens (including phenoxy) is 2. The molecule has 1 aliphatic heterocycles. The summed E-state index contributed by atoms with van der Waals surface area (Å²) >= 11 is 2.73. The standard InChI is InChI=1S/C26H24FN4O3PS2/c1-5-36-24-29-9-13-14-10-33-11-15(14)19(22(35)21(13)30-24)20-16(27)6-7-17-18(20)12(8-28)23(37-17)31-25(32)34-26(2,3)4/h6-7,9H,5,10-11,35H2,1-4H3,(H,31,32). The molecule has 1 aliphatic rings. The van der Waals surface area contributed by atoms with E-state index in [9.17, 15) is 10.1 Å². The zero-order valence-electron chi connectivity index (χ0n) is 20.7. The Morgan fingerprint density at radius 1 is 1.32 bits per heavy atom. The molecule has 11 heteroatoms. The molecule has 0 saturated carbocycles. The van der Waals surface area contributed by atoms with Crippen LogP contribution in [0.25, 0.3) is 32.1 Å². The van der Waals surface area contributed by atoms with Crippen LogP contribution in [-0.2, 0) is 22.7 Å². The number of nitrogens with zero attached hydrogens (tertiary/aromatic N) is 3. The first-order chi connectivity index (χ1) is 17.6. The van der Waals surface area contributed by atoms with Crippen LogP contribution >= 0.6 is 32.3 Å². The number of fused-ring (bicyclic) bond motifs is 4. The van der Waals surface area contributed by atoms with Gasteiger partial charge in [0, 0.05) is 38.1 Å². The number of hydrogen-bond donors (Lipinski definition) is 1. The number of amides is 1. The van der Waals surface area contributed by atoms with Gasteiger partial charge in [-0.05, 0) is 49.8 Å². The van der Waals surface area contributed by atoms with Gasteiger partial charge in [-0.15, -0.1) is 20.6 Å². The molecule has 0 radical (unpaired) electrons. The second kappa shape index (κ2) is 9.80. The first-order valence-corrected chi connectivity index (χ1v) is 14.0. The Morgan fingerprint density at radius 3 is 2.78 bits per heavy atom. The van der Waals surface area contributed by atoms with E-state index in [0.29, 0.717) is 55.4 Å². The van der Waals surface area contributed by atoms with Crippen molar-refractivity contribution in [1.29, 1.82) is 5.26 Å². The molecule has 1 amide bonds. The minimum absolute atomic E-state index is 0.183. The zero-order valence-corrected chi connectivity index (χ0v) is 23.5. The number of hydrogen-bond acceptors (Lipinski definition) is 8. The zero-order chi connectivity index (χ0) is 26.5. The monoisotopic (exact) mass is 554 g/mol. The van der Waals surface area contributed by atoms with Gasteiger partial charge in [-0.25, -0.2) is 19.2 Å². The minimum Gasteiger partial charge on any atom is -0.444 e. The van der Waals surface area contributed by atoms with E-state index < -0.39 is 17.5 Å². The highest BCUT2D eigenvalue weighted by Gasteiger charge is 2.29. The van der Waals surface area contributed by atoms with Crippen LogP contribution in [-0.4, -0.2) is 27.4 Å². The van der Waals surface area contributed by atoms with Crippen molar-refractivity contribution in [3.63, 3.8) is 0 Å². The molecular formula is C26H24FN4O3PS2. The Labute approximate surface area is 224 Å². The lowest BCUT2D eigenvalue weighted by atomic mass is 9.91. The van der Waals surface area contributed by atoms with Gasteiger partial charge in [-0.3, -0.25) is 5.32 Å². The number of nitrogens with one attached hydrogen (secondary N) is 1. The van der Waals surface area contributed by atoms with Gasteiger partial charge in [0.2, 0.25) is 0 Å². The highest BCUT2D eigenvalue weighted by atomic mass is 32.2. The highest BCUT2D eigenvalue weighted by Crippen LogP contribution is 2.45. The number of carbonyl (C=O) groups excluding carboxylic acids is 1. The Kier molecular flexibility index (Phi) is 6.84. The van der Waals surface area contributed by atoms with Crippen LogP contribution in [0.1, 0.15) is 44.4 Å². The molecule has 0 bridgehead atoms. The second-order valence-electron chi connectivity index (χ2n) is 9.43. The third-order valence-electron chi connectivity index (χ3n) is 5.83. The molecule has 2 aromatic heterocycles. The molecule has 0 fully saturated rings. The normalized spacial score (nSPS) is 13.1. The largest absolute Gasteiger partial charge is 0.444 e. The molecule has 2 aromatic carbocycles. The van der Waals surface area contributed by atoms with Crippen LogP contribution in [0.3, 0.4) is 0 Å². The van der Waals surface area contributed by atoms with Crippen molar-refractivity contribution in [2.45, 2.75) is 51.7 Å². The van der Waals surface area contributed by atoms with Gasteiger partial charge in [0.05, 0.1) is 24.3 Å². The summed E-state index contributed by atoms with van der Waals surface area (Å²) in [6.07, 6.45) is 1.12. The second-order valence-corrected chi connectivity index (χ2v) is 12.3. The van der Waals surface area contributed by atoms with Crippen LogP contribution in [0.2, 0.25) is 0 Å². The Morgan fingerprint density at radius 2 is 2.08 bits per heavy atom. The van der Waals surface area contributed by atoms with E-state index in [1.54, 1.807) is 33.0 Å². The van der Waals surface area contributed by atoms with Crippen molar-refractivity contribution in [2.75, 3.05) is 11.1 Å². The van der Waals surface area contributed by atoms with Crippen LogP contribution < -0.4 is 10.6 Å². The maximum atomic E-state index is 15.8. The topological polar surface area (TPSA) is 97.1 Å². The van der Waals surface area contributed by atoms with E-state index in [2.05, 4.69) is 25.6 Å². The number of anilines is 1. The molecule has 0 aliphatic carbocycles. The molecular weight excluding hydrogens is 530 g/mol. The van der Waals surface area contributed by atoms with Crippen molar-refractivity contribution in [3.05, 3.63) is 40.8 Å². The summed E-state index contributed by atoms with van der Waals surface area (Å²) < 4.78 is 27.6. The average Bonchev–Trinajstić information content (AvgIpc) is 3.44. The summed E-state index contributed by atoms with van der Waals surface area (Å²) in [4.78, 5) is 21.8. The van der Waals surface area contributed by atoms with Gasteiger partial charge < -0.3 is 9.47 Å². The van der Waals surface area contributed by atoms with Crippen LogP contribution in [0.4, 0.5) is 14.2 Å². The molecule has 0 saturated heterocycles. The number of halogens is 1. The predicted octanol–water partition coefficient (Wildman–Crippen LogP) is 6.51. The molecule has 1 N–H and O–H groups in total. The first-order valence-electron chi connectivity index (χ1n) is 11.6. The number of thiophene rings is 1. The number of rotatable bonds is 4. The molecule has 1 atom stereocenters. The fourth-order valence-electron chi connectivity index (χ4n) is 4.45. The van der Waals surface area contributed by atoms with Gasteiger partial charge in [-0.2, -0.15) is 5.26 Å². The van der Waals surface area contributed by atoms with E-state index in [4.69, 9.17) is 14.5 Å². The molecule has 3 heterocycles. The average molecular weight is 555 g/mol. The molecule has 0 spiro atoms. The minimum atomic E-state index is -0.707. The SMILES string of the molecule is CCSc1ncc2c3c(c(-c4c(F)ccc5sc(NC(=O)OC(C)(C)C)c(C#N)c45)c(P)c2n1)COC3. The lowest BCUT2D eigenvalue weighted by molar-refractivity contribution is 0.0636. The number of nitriles is 1. The smallest absolute Gasteiger partial charge is 0.412 e. The van der Waals surface area contributed by atoms with Crippen molar-refractivity contribution in [3.8, 4) is 17.2 Å². The molecule has 1 unspecified atom stereocenters. The lowest BCUT2D eigenvalue weighted by Gasteiger charge is -2.19. The number of carbonyl (C=O) groups is 1. The summed E-state index contributed by atoms with van der Waals surface area (Å²) in [6.45, 7) is 7.97. The quantitative estimate of drug-likeness (QED) is 0.174. The van der Waals surface area contributed by atoms with Gasteiger partial charge in [0.25, 0.3) is 0 Å². The fourth-order valence-corrected chi connectivity index (χ4v) is 6.58. The molecule has 7 nitrogen and oxygen atoms in total. The maximum absolute atomic E-state index is 15.8. The van der Waals surface area contributed by atoms with E-state index in [0.717, 1.165) is 22.3 Å². The Balaban J connectivity index is 1.78. The van der Waals surface area contributed by atoms with E-state index in [1.807, 2.05) is 6.92 Å². The van der Waals surface area contributed by atoms with Crippen LogP contribution in [0.5, 0.6) is 0 Å². The maximum Gasteiger partial charge on any atom is 0.412 e. The van der Waals surface area contributed by atoms with Gasteiger partial charge >= 0.3 is 6.09 Å². The summed E-state index contributed by atoms with van der Waals surface area (Å²) in [7, 11) is 2.72. The van der Waals surface area contributed by atoms with Crippen LogP contribution in [0, 0.1) is 17.1 Å². The number of thioether (sulfide) groups is 1. The van der Waals surface area contributed by atoms with E-state index in [-0.39, 0.29) is 5.56 Å². The van der Waals surface area contributed by atoms with Crippen molar-refractivity contribution >= 4 is 69.7 Å². The van der Waals surface area contributed by atoms with E-state index in [1.165, 1.54) is 29.2 Å². The van der Waals surface area contributed by atoms with Crippen molar-refractivity contribution in [2.24, 2.45) is 0 Å². The number of aromatic nitrogens is 2. The van der Waals surface area contributed by atoms with Crippen molar-refractivity contribution < 1.29 is 18.7 Å². The van der Waals surface area contributed by atoms with Gasteiger partial charge in [0.1, 0.15) is 22.5 Å². The third kappa shape index (κ3) is 4.66. The molecule has 190 valence electrons. The van der Waals surface area contributed by atoms with E-state index >= 15 is 4.39 Å². The van der Waals surface area contributed by atoms with Crippen molar-refractivity contribution in [1.82, 2.24) is 9.97 Å². The Hall–Kier alpha value is -2.83. The molecule has 37 heavy (non-hydrogen) atoms. The molecule has 5 rings (SSSR count). The van der Waals surface area contributed by atoms with Gasteiger partial charge in [-0.1, -0.05) is 18.7 Å². The third-order valence-corrected chi connectivity index (χ3v) is 8.21. The summed E-state index contributed by atoms with van der Waals surface area (Å²) in [5.41, 5.74) is 2.87. The lowest BCUT2D eigenvalue weighted by Crippen LogP contribution is -2.27. The predicted molar refractivity (Wildman–Crippen MR) is 149 cm³/mol. The number of benzene rings is 2. The summed E-state index contributed by atoms with van der Waals surface area (Å²) in [5, 5.41) is 15.8.